The molecule has 0 aliphatic rings. The van der Waals surface area contributed by atoms with Gasteiger partial charge in [0.05, 0.1) is 5.75 Å². The van der Waals surface area contributed by atoms with Crippen LogP contribution in [0.4, 0.5) is 8.78 Å². The average molecular weight is 206 g/mol. The van der Waals surface area contributed by atoms with Crippen molar-refractivity contribution in [1.82, 2.24) is 0 Å². The van der Waals surface area contributed by atoms with Gasteiger partial charge in [0.1, 0.15) is 11.6 Å². The van der Waals surface area contributed by atoms with Crippen molar-refractivity contribution in [2.45, 2.75) is 5.75 Å². The van der Waals surface area contributed by atoms with Crippen LogP contribution in [0.2, 0.25) is 0 Å². The minimum Gasteiger partial charge on any atom is -0.229 e. The fourth-order valence-corrected chi connectivity index (χ4v) is 1.72. The fourth-order valence-electron chi connectivity index (χ4n) is 0.936. The third-order valence-electron chi connectivity index (χ3n) is 1.43. The van der Waals surface area contributed by atoms with E-state index in [-0.39, 0.29) is 5.56 Å². The number of hydrogen-bond donors (Lipinski definition) is 0. The molecule has 0 saturated heterocycles. The van der Waals surface area contributed by atoms with E-state index in [1.54, 1.807) is 0 Å². The molecule has 0 atom stereocenters. The Balaban J connectivity index is 3.08. The Morgan fingerprint density at radius 1 is 1.31 bits per heavy atom. The van der Waals surface area contributed by atoms with E-state index < -0.39 is 27.2 Å². The van der Waals surface area contributed by atoms with Gasteiger partial charge < -0.3 is 0 Å². The van der Waals surface area contributed by atoms with E-state index >= 15 is 0 Å². The Bertz CT molecular complexity index is 412. The van der Waals surface area contributed by atoms with Crippen LogP contribution in [0.3, 0.4) is 0 Å². The number of hydrogen-bond acceptors (Lipinski definition) is 2. The monoisotopic (exact) mass is 206 g/mol. The maximum atomic E-state index is 12.9. The van der Waals surface area contributed by atoms with Gasteiger partial charge in [-0.05, 0) is 18.2 Å². The minimum atomic E-state index is -3.32. The first kappa shape index (κ1) is 10.1. The molecule has 0 unspecified atom stereocenters. The third kappa shape index (κ3) is 3.10. The van der Waals surface area contributed by atoms with Crippen LogP contribution in [0.1, 0.15) is 5.56 Å². The molecular formula is C8H8F2O2S. The van der Waals surface area contributed by atoms with E-state index in [4.69, 9.17) is 0 Å². The molecule has 1 aromatic carbocycles. The molecule has 0 N–H and O–H groups in total. The maximum Gasteiger partial charge on any atom is 0.151 e. The van der Waals surface area contributed by atoms with Crippen LogP contribution in [0.15, 0.2) is 18.2 Å². The second-order valence-electron chi connectivity index (χ2n) is 2.81. The second-order valence-corrected chi connectivity index (χ2v) is 4.95. The topological polar surface area (TPSA) is 34.1 Å². The van der Waals surface area contributed by atoms with Crippen molar-refractivity contribution in [3.05, 3.63) is 35.4 Å². The van der Waals surface area contributed by atoms with Gasteiger partial charge in [-0.1, -0.05) is 0 Å². The zero-order valence-corrected chi connectivity index (χ0v) is 7.74. The van der Waals surface area contributed by atoms with Gasteiger partial charge in [0, 0.05) is 11.8 Å². The van der Waals surface area contributed by atoms with Gasteiger partial charge >= 0.3 is 0 Å². The largest absolute Gasteiger partial charge is 0.229 e. The van der Waals surface area contributed by atoms with Crippen LogP contribution < -0.4 is 0 Å². The van der Waals surface area contributed by atoms with Crippen LogP contribution in [0.25, 0.3) is 0 Å². The first-order chi connectivity index (χ1) is 5.88. The lowest BCUT2D eigenvalue weighted by Gasteiger charge is -2.00. The Hall–Kier alpha value is -0.970. The normalized spacial score (nSPS) is 11.6. The highest BCUT2D eigenvalue weighted by atomic mass is 32.2. The number of halogens is 2. The van der Waals surface area contributed by atoms with Gasteiger partial charge in [-0.3, -0.25) is 0 Å². The van der Waals surface area contributed by atoms with Gasteiger partial charge in [-0.15, -0.1) is 0 Å². The molecule has 0 radical (unpaired) electrons. The van der Waals surface area contributed by atoms with E-state index in [2.05, 4.69) is 0 Å². The molecule has 0 spiro atoms. The van der Waals surface area contributed by atoms with E-state index in [0.717, 1.165) is 24.5 Å². The van der Waals surface area contributed by atoms with Gasteiger partial charge in [0.25, 0.3) is 0 Å². The summed E-state index contributed by atoms with van der Waals surface area (Å²) in [4.78, 5) is 0. The first-order valence-corrected chi connectivity index (χ1v) is 5.56. The Kier molecular flexibility index (Phi) is 2.66. The van der Waals surface area contributed by atoms with E-state index in [9.17, 15) is 17.2 Å². The molecule has 1 rings (SSSR count). The Morgan fingerprint density at radius 2 is 1.92 bits per heavy atom. The van der Waals surface area contributed by atoms with Crippen molar-refractivity contribution >= 4 is 9.84 Å². The van der Waals surface area contributed by atoms with Crippen LogP contribution in [-0.4, -0.2) is 14.7 Å². The SMILES string of the molecule is CS(=O)(=O)Cc1cc(F)ccc1F. The summed E-state index contributed by atoms with van der Waals surface area (Å²) in [6, 6.07) is 2.74. The van der Waals surface area contributed by atoms with Gasteiger partial charge in [-0.2, -0.15) is 0 Å². The first-order valence-electron chi connectivity index (χ1n) is 3.50. The van der Waals surface area contributed by atoms with E-state index in [1.165, 1.54) is 0 Å². The molecule has 5 heteroatoms. The molecule has 1 aromatic rings. The smallest absolute Gasteiger partial charge is 0.151 e. The van der Waals surface area contributed by atoms with Gasteiger partial charge in [0.2, 0.25) is 0 Å². The molecule has 72 valence electrons. The maximum absolute atomic E-state index is 12.9. The molecule has 0 bridgehead atoms. The highest BCUT2D eigenvalue weighted by Crippen LogP contribution is 2.12. The molecule has 0 aliphatic carbocycles. The third-order valence-corrected chi connectivity index (χ3v) is 2.26. The summed E-state index contributed by atoms with van der Waals surface area (Å²) >= 11 is 0. The van der Waals surface area contributed by atoms with Crippen molar-refractivity contribution in [3.63, 3.8) is 0 Å². The van der Waals surface area contributed by atoms with Crippen LogP contribution >= 0.6 is 0 Å². The van der Waals surface area contributed by atoms with Gasteiger partial charge in [-0.25, -0.2) is 17.2 Å². The van der Waals surface area contributed by atoms with Crippen LogP contribution in [0, 0.1) is 11.6 Å². The summed E-state index contributed by atoms with van der Waals surface area (Å²) in [7, 11) is -3.32. The number of rotatable bonds is 2. The summed E-state index contributed by atoms with van der Waals surface area (Å²) in [5.41, 5.74) is -0.137. The molecule has 0 saturated carbocycles. The highest BCUT2D eigenvalue weighted by molar-refractivity contribution is 7.89. The van der Waals surface area contributed by atoms with Crippen LogP contribution in [-0.2, 0) is 15.6 Å². The lowest BCUT2D eigenvalue weighted by Crippen LogP contribution is -2.03. The molecule has 13 heavy (non-hydrogen) atoms. The summed E-state index contributed by atoms with van der Waals surface area (Å²) < 4.78 is 47.0. The summed E-state index contributed by atoms with van der Waals surface area (Å²) in [6.07, 6.45) is 0.970. The zero-order chi connectivity index (χ0) is 10.1. The summed E-state index contributed by atoms with van der Waals surface area (Å²) in [5.74, 6) is -1.82. The van der Waals surface area contributed by atoms with E-state index in [1.807, 2.05) is 0 Å². The van der Waals surface area contributed by atoms with Crippen molar-refractivity contribution in [3.8, 4) is 0 Å². The average Bonchev–Trinajstić information content (AvgIpc) is 1.94. The van der Waals surface area contributed by atoms with E-state index in [0.29, 0.717) is 0 Å². The number of benzene rings is 1. The summed E-state index contributed by atoms with van der Waals surface area (Å²) in [6.45, 7) is 0. The van der Waals surface area contributed by atoms with Crippen molar-refractivity contribution in [2.75, 3.05) is 6.26 Å². The Morgan fingerprint density at radius 3 is 2.46 bits per heavy atom. The molecule has 0 fully saturated rings. The van der Waals surface area contributed by atoms with Crippen molar-refractivity contribution < 1.29 is 17.2 Å². The molecule has 0 aliphatic heterocycles. The molecule has 0 amide bonds. The summed E-state index contributed by atoms with van der Waals surface area (Å²) in [5, 5.41) is 0. The lowest BCUT2D eigenvalue weighted by atomic mass is 10.2. The predicted octanol–water partition coefficient (Wildman–Crippen LogP) is 1.51. The quantitative estimate of drug-likeness (QED) is 0.735. The molecule has 0 aromatic heterocycles. The predicted molar refractivity (Wildman–Crippen MR) is 44.9 cm³/mol. The van der Waals surface area contributed by atoms with Crippen molar-refractivity contribution in [1.29, 1.82) is 0 Å². The fraction of sp³-hybridized carbons (Fsp3) is 0.250. The highest BCUT2D eigenvalue weighted by Gasteiger charge is 2.09. The van der Waals surface area contributed by atoms with Crippen LogP contribution in [0.5, 0.6) is 0 Å². The standard InChI is InChI=1S/C8H8F2O2S/c1-13(11,12)5-6-4-7(9)2-3-8(6)10/h2-4H,5H2,1H3. The molecule has 0 heterocycles. The molecular weight excluding hydrogens is 198 g/mol. The minimum absolute atomic E-state index is 0.137. The molecule has 2 nitrogen and oxygen atoms in total. The second kappa shape index (κ2) is 3.41. The van der Waals surface area contributed by atoms with Gasteiger partial charge in [0.15, 0.2) is 9.84 Å². The zero-order valence-electron chi connectivity index (χ0n) is 6.92. The van der Waals surface area contributed by atoms with Crippen molar-refractivity contribution in [2.24, 2.45) is 0 Å². The number of sulfone groups is 1. The lowest BCUT2D eigenvalue weighted by molar-refractivity contribution is 0.581. The Labute approximate surface area is 75.1 Å².